The van der Waals surface area contributed by atoms with Crippen molar-refractivity contribution in [3.63, 3.8) is 0 Å². The number of aryl methyl sites for hydroxylation is 1. The smallest absolute Gasteiger partial charge is 0.258 e. The van der Waals surface area contributed by atoms with Crippen LogP contribution in [0.2, 0.25) is 0 Å². The summed E-state index contributed by atoms with van der Waals surface area (Å²) >= 11 is 3.43. The molecule has 1 N–H and O–H groups in total. The number of carbonyl (C=O) groups is 1. The Kier molecular flexibility index (Phi) is 5.61. The summed E-state index contributed by atoms with van der Waals surface area (Å²) in [5.74, 6) is 0.943. The second-order valence-electron chi connectivity index (χ2n) is 6.61. The van der Waals surface area contributed by atoms with Crippen LogP contribution in [0, 0.1) is 6.92 Å². The Morgan fingerprint density at radius 1 is 1.27 bits per heavy atom. The molecule has 3 rings (SSSR count). The molecule has 26 heavy (non-hydrogen) atoms. The van der Waals surface area contributed by atoms with Crippen LogP contribution in [0.5, 0.6) is 5.75 Å². The third-order valence-electron chi connectivity index (χ3n) is 4.08. The van der Waals surface area contributed by atoms with Gasteiger partial charge in [-0.1, -0.05) is 26.0 Å². The van der Waals surface area contributed by atoms with Crippen molar-refractivity contribution in [3.8, 4) is 5.75 Å². The number of nitrogens with one attached hydrogen (secondary N) is 1. The van der Waals surface area contributed by atoms with Crippen molar-refractivity contribution in [2.75, 3.05) is 6.61 Å². The van der Waals surface area contributed by atoms with Crippen molar-refractivity contribution in [2.24, 2.45) is 0 Å². The van der Waals surface area contributed by atoms with E-state index < -0.39 is 0 Å². The van der Waals surface area contributed by atoms with Gasteiger partial charge in [0, 0.05) is 16.9 Å². The van der Waals surface area contributed by atoms with Gasteiger partial charge in [-0.3, -0.25) is 4.79 Å². The van der Waals surface area contributed by atoms with E-state index >= 15 is 0 Å². The fourth-order valence-electron chi connectivity index (χ4n) is 2.73. The minimum Gasteiger partial charge on any atom is -0.483 e. The minimum absolute atomic E-state index is 0.0118. The van der Waals surface area contributed by atoms with E-state index in [2.05, 4.69) is 52.2 Å². The Balaban J connectivity index is 1.58. The fraction of sp³-hybridized carbons (Fsp3) is 0.300. The molecule has 5 nitrogen and oxygen atoms in total. The van der Waals surface area contributed by atoms with Crippen molar-refractivity contribution in [1.29, 1.82) is 0 Å². The SMILES string of the molecule is Cc1ccc(C(C)C)c(OCC(=O)NCc2cn3cc(Br)ccc3n2)c1. The molecule has 0 aliphatic heterocycles. The van der Waals surface area contributed by atoms with E-state index in [1.165, 1.54) is 0 Å². The fourth-order valence-corrected chi connectivity index (χ4v) is 3.08. The van der Waals surface area contributed by atoms with E-state index in [0.29, 0.717) is 12.5 Å². The molecule has 0 fully saturated rings. The van der Waals surface area contributed by atoms with Crippen LogP contribution in [0.15, 0.2) is 47.2 Å². The average molecular weight is 416 g/mol. The van der Waals surface area contributed by atoms with Gasteiger partial charge in [-0.2, -0.15) is 0 Å². The summed E-state index contributed by atoms with van der Waals surface area (Å²) in [5.41, 5.74) is 3.86. The molecule has 1 amide bonds. The maximum absolute atomic E-state index is 12.1. The van der Waals surface area contributed by atoms with Crippen LogP contribution in [0.4, 0.5) is 0 Å². The molecular weight excluding hydrogens is 394 g/mol. The lowest BCUT2D eigenvalue weighted by atomic mass is 10.0. The van der Waals surface area contributed by atoms with Gasteiger partial charge in [0.05, 0.1) is 12.2 Å². The average Bonchev–Trinajstić information content (AvgIpc) is 2.99. The number of rotatable bonds is 6. The summed E-state index contributed by atoms with van der Waals surface area (Å²) in [4.78, 5) is 16.6. The number of benzene rings is 1. The van der Waals surface area contributed by atoms with Crippen LogP contribution in [-0.2, 0) is 11.3 Å². The van der Waals surface area contributed by atoms with Crippen molar-refractivity contribution in [2.45, 2.75) is 33.2 Å². The summed E-state index contributed by atoms with van der Waals surface area (Å²) < 4.78 is 8.66. The van der Waals surface area contributed by atoms with Gasteiger partial charge >= 0.3 is 0 Å². The lowest BCUT2D eigenvalue weighted by Crippen LogP contribution is -2.28. The molecule has 0 radical (unpaired) electrons. The van der Waals surface area contributed by atoms with Gasteiger partial charge in [0.1, 0.15) is 11.4 Å². The Labute approximate surface area is 161 Å². The molecule has 0 atom stereocenters. The number of carbonyl (C=O) groups excluding carboxylic acids is 1. The largest absolute Gasteiger partial charge is 0.483 e. The molecule has 6 heteroatoms. The molecule has 136 valence electrons. The Morgan fingerprint density at radius 3 is 2.85 bits per heavy atom. The van der Waals surface area contributed by atoms with Gasteiger partial charge in [-0.05, 0) is 58.1 Å². The van der Waals surface area contributed by atoms with Crippen LogP contribution < -0.4 is 10.1 Å². The number of aromatic nitrogens is 2. The van der Waals surface area contributed by atoms with Crippen LogP contribution in [0.1, 0.15) is 36.6 Å². The van der Waals surface area contributed by atoms with E-state index in [1.54, 1.807) is 0 Å². The number of nitrogens with zero attached hydrogens (tertiary/aromatic N) is 2. The van der Waals surface area contributed by atoms with Crippen molar-refractivity contribution >= 4 is 27.5 Å². The Morgan fingerprint density at radius 2 is 2.08 bits per heavy atom. The molecule has 3 aromatic rings. The number of amides is 1. The number of hydrogen-bond donors (Lipinski definition) is 1. The number of fused-ring (bicyclic) bond motifs is 1. The van der Waals surface area contributed by atoms with E-state index in [0.717, 1.165) is 32.7 Å². The summed E-state index contributed by atoms with van der Waals surface area (Å²) in [5, 5.41) is 2.86. The number of imidazole rings is 1. The van der Waals surface area contributed by atoms with E-state index in [-0.39, 0.29) is 12.5 Å². The van der Waals surface area contributed by atoms with Gasteiger partial charge in [-0.25, -0.2) is 4.98 Å². The lowest BCUT2D eigenvalue weighted by molar-refractivity contribution is -0.123. The minimum atomic E-state index is -0.167. The molecule has 2 aromatic heterocycles. The zero-order valence-corrected chi connectivity index (χ0v) is 16.7. The summed E-state index contributed by atoms with van der Waals surface area (Å²) in [7, 11) is 0. The van der Waals surface area contributed by atoms with Gasteiger partial charge in [0.2, 0.25) is 0 Å². The number of hydrogen-bond acceptors (Lipinski definition) is 3. The molecule has 0 saturated carbocycles. The summed E-state index contributed by atoms with van der Waals surface area (Å²) in [6, 6.07) is 9.95. The van der Waals surface area contributed by atoms with Gasteiger partial charge in [-0.15, -0.1) is 0 Å². The number of ether oxygens (including phenoxy) is 1. The highest BCUT2D eigenvalue weighted by molar-refractivity contribution is 9.10. The van der Waals surface area contributed by atoms with Gasteiger partial charge in [0.25, 0.3) is 5.91 Å². The van der Waals surface area contributed by atoms with E-state index in [1.807, 2.05) is 41.9 Å². The third-order valence-corrected chi connectivity index (χ3v) is 4.55. The van der Waals surface area contributed by atoms with Gasteiger partial charge < -0.3 is 14.5 Å². The normalized spacial score (nSPS) is 11.1. The van der Waals surface area contributed by atoms with Crippen LogP contribution in [0.25, 0.3) is 5.65 Å². The quantitative estimate of drug-likeness (QED) is 0.655. The third kappa shape index (κ3) is 4.43. The molecule has 2 heterocycles. The highest BCUT2D eigenvalue weighted by Crippen LogP contribution is 2.27. The second-order valence-corrected chi connectivity index (χ2v) is 7.52. The molecule has 0 unspecified atom stereocenters. The summed E-state index contributed by atoms with van der Waals surface area (Å²) in [6.07, 6.45) is 3.83. The highest BCUT2D eigenvalue weighted by atomic mass is 79.9. The molecule has 0 aliphatic carbocycles. The standard InChI is InChI=1S/C20H22BrN3O2/c1-13(2)17-6-4-14(3)8-18(17)26-12-20(25)22-9-16-11-24-10-15(21)5-7-19(24)23-16/h4-8,10-11,13H,9,12H2,1-3H3,(H,22,25). The Bertz CT molecular complexity index is 934. The van der Waals surface area contributed by atoms with E-state index in [9.17, 15) is 4.79 Å². The first-order chi connectivity index (χ1) is 12.4. The zero-order chi connectivity index (χ0) is 18.7. The lowest BCUT2D eigenvalue weighted by Gasteiger charge is -2.14. The number of pyridine rings is 1. The zero-order valence-electron chi connectivity index (χ0n) is 15.1. The predicted molar refractivity (Wildman–Crippen MR) is 106 cm³/mol. The molecule has 0 saturated heterocycles. The van der Waals surface area contributed by atoms with Crippen LogP contribution >= 0.6 is 15.9 Å². The second kappa shape index (κ2) is 7.91. The van der Waals surface area contributed by atoms with Crippen molar-refractivity contribution in [1.82, 2.24) is 14.7 Å². The highest BCUT2D eigenvalue weighted by Gasteiger charge is 2.11. The summed E-state index contributed by atoms with van der Waals surface area (Å²) in [6.45, 7) is 6.59. The Hall–Kier alpha value is -2.34. The predicted octanol–water partition coefficient (Wildman–Crippen LogP) is 4.22. The first-order valence-corrected chi connectivity index (χ1v) is 9.35. The number of halogens is 1. The maximum Gasteiger partial charge on any atom is 0.258 e. The first-order valence-electron chi connectivity index (χ1n) is 8.55. The van der Waals surface area contributed by atoms with Crippen LogP contribution in [0.3, 0.4) is 0 Å². The van der Waals surface area contributed by atoms with E-state index in [4.69, 9.17) is 4.74 Å². The van der Waals surface area contributed by atoms with Crippen molar-refractivity contribution < 1.29 is 9.53 Å². The first kappa shape index (κ1) is 18.5. The van der Waals surface area contributed by atoms with Gasteiger partial charge in [0.15, 0.2) is 6.61 Å². The maximum atomic E-state index is 12.1. The molecular formula is C20H22BrN3O2. The monoisotopic (exact) mass is 415 g/mol. The molecule has 0 spiro atoms. The van der Waals surface area contributed by atoms with Crippen LogP contribution in [-0.4, -0.2) is 21.9 Å². The van der Waals surface area contributed by atoms with Crippen molar-refractivity contribution in [3.05, 3.63) is 64.0 Å². The molecule has 1 aromatic carbocycles. The molecule has 0 aliphatic rings. The molecule has 0 bridgehead atoms. The topological polar surface area (TPSA) is 55.6 Å².